The molecule has 1 amide bonds. The van der Waals surface area contributed by atoms with Crippen LogP contribution in [-0.2, 0) is 26.8 Å². The van der Waals surface area contributed by atoms with E-state index in [1.165, 1.54) is 11.6 Å². The highest BCUT2D eigenvalue weighted by molar-refractivity contribution is 7.92. The van der Waals surface area contributed by atoms with E-state index in [0.29, 0.717) is 5.82 Å². The molecule has 0 aliphatic rings. The zero-order valence-electron chi connectivity index (χ0n) is 20.0. The standard InChI is InChI=1S/C24H28F2N4O4S/c1-24(2,3)17-9-7-16(8-10-17)23-28-22(34-29-23)15-27-21(31)6-5-13-30(35(4,32)33)18-11-12-19(25)20(26)14-18/h7-12,14H,5-6,13,15H2,1-4H3,(H,27,31). The van der Waals surface area contributed by atoms with E-state index in [4.69, 9.17) is 4.52 Å². The highest BCUT2D eigenvalue weighted by Gasteiger charge is 2.19. The number of halogens is 2. The summed E-state index contributed by atoms with van der Waals surface area (Å²) in [6, 6.07) is 10.7. The average Bonchev–Trinajstić information content (AvgIpc) is 3.25. The summed E-state index contributed by atoms with van der Waals surface area (Å²) in [5.41, 5.74) is 1.98. The summed E-state index contributed by atoms with van der Waals surface area (Å²) in [6.45, 7) is 6.31. The van der Waals surface area contributed by atoms with Crippen molar-refractivity contribution < 1.29 is 26.5 Å². The van der Waals surface area contributed by atoms with Gasteiger partial charge in [-0.25, -0.2) is 17.2 Å². The lowest BCUT2D eigenvalue weighted by molar-refractivity contribution is -0.121. The van der Waals surface area contributed by atoms with Crippen LogP contribution in [-0.4, -0.2) is 37.3 Å². The number of carbonyl (C=O) groups excluding carboxylic acids is 1. The van der Waals surface area contributed by atoms with Gasteiger partial charge >= 0.3 is 0 Å². The Labute approximate surface area is 203 Å². The van der Waals surface area contributed by atoms with Crippen LogP contribution in [0.3, 0.4) is 0 Å². The Kier molecular flexibility index (Phi) is 7.89. The molecule has 8 nitrogen and oxygen atoms in total. The minimum atomic E-state index is -3.76. The number of anilines is 1. The van der Waals surface area contributed by atoms with Gasteiger partial charge in [0.15, 0.2) is 11.6 Å². The van der Waals surface area contributed by atoms with Crippen molar-refractivity contribution in [2.45, 2.75) is 45.6 Å². The molecule has 3 aromatic rings. The van der Waals surface area contributed by atoms with Crippen LogP contribution in [0, 0.1) is 11.6 Å². The monoisotopic (exact) mass is 506 g/mol. The zero-order valence-corrected chi connectivity index (χ0v) is 20.8. The smallest absolute Gasteiger partial charge is 0.246 e. The second-order valence-corrected chi connectivity index (χ2v) is 11.1. The fourth-order valence-corrected chi connectivity index (χ4v) is 4.29. The van der Waals surface area contributed by atoms with Gasteiger partial charge in [-0.05, 0) is 29.5 Å². The SMILES string of the molecule is CC(C)(C)c1ccc(-c2noc(CNC(=O)CCCN(c3ccc(F)c(F)c3)S(C)(=O)=O)n2)cc1. The third kappa shape index (κ3) is 7.08. The predicted molar refractivity (Wildman–Crippen MR) is 128 cm³/mol. The van der Waals surface area contributed by atoms with Crippen LogP contribution in [0.2, 0.25) is 0 Å². The van der Waals surface area contributed by atoms with Crippen LogP contribution < -0.4 is 9.62 Å². The number of benzene rings is 2. The van der Waals surface area contributed by atoms with E-state index in [1.807, 2.05) is 24.3 Å². The van der Waals surface area contributed by atoms with Gasteiger partial charge < -0.3 is 9.84 Å². The first-order valence-corrected chi connectivity index (χ1v) is 12.8. The number of nitrogens with one attached hydrogen (secondary N) is 1. The number of rotatable bonds is 9. The lowest BCUT2D eigenvalue weighted by Crippen LogP contribution is -2.32. The fraction of sp³-hybridized carbons (Fsp3) is 0.375. The Hall–Kier alpha value is -3.34. The van der Waals surface area contributed by atoms with Crippen molar-refractivity contribution in [3.05, 3.63) is 65.6 Å². The fourth-order valence-electron chi connectivity index (χ4n) is 3.34. The summed E-state index contributed by atoms with van der Waals surface area (Å²) in [7, 11) is -3.76. The number of sulfonamides is 1. The minimum Gasteiger partial charge on any atom is -0.347 e. The molecule has 188 valence electrons. The third-order valence-corrected chi connectivity index (χ3v) is 6.46. The molecule has 0 fully saturated rings. The van der Waals surface area contributed by atoms with Gasteiger partial charge in [0.2, 0.25) is 27.6 Å². The molecule has 0 radical (unpaired) electrons. The first kappa shape index (κ1) is 26.3. The molecule has 2 aromatic carbocycles. The molecule has 0 unspecified atom stereocenters. The van der Waals surface area contributed by atoms with E-state index in [1.54, 1.807) is 0 Å². The lowest BCUT2D eigenvalue weighted by atomic mass is 9.87. The summed E-state index contributed by atoms with van der Waals surface area (Å²) in [5.74, 6) is -1.94. The molecule has 0 aliphatic heterocycles. The van der Waals surface area contributed by atoms with E-state index in [9.17, 15) is 22.0 Å². The molecule has 0 atom stereocenters. The van der Waals surface area contributed by atoms with Gasteiger partial charge in [-0.1, -0.05) is 50.2 Å². The maximum atomic E-state index is 13.5. The number of aromatic nitrogens is 2. The van der Waals surface area contributed by atoms with Crippen molar-refractivity contribution >= 4 is 21.6 Å². The van der Waals surface area contributed by atoms with E-state index >= 15 is 0 Å². The quantitative estimate of drug-likeness (QED) is 0.467. The van der Waals surface area contributed by atoms with Gasteiger partial charge in [-0.15, -0.1) is 0 Å². The number of nitrogens with zero attached hydrogens (tertiary/aromatic N) is 3. The molecule has 0 saturated carbocycles. The molecule has 1 heterocycles. The molecular formula is C24H28F2N4O4S. The number of carbonyl (C=O) groups is 1. The normalized spacial score (nSPS) is 11.9. The highest BCUT2D eigenvalue weighted by Crippen LogP contribution is 2.25. The summed E-state index contributed by atoms with van der Waals surface area (Å²) in [5, 5.41) is 6.60. The Bertz CT molecular complexity index is 1290. The maximum absolute atomic E-state index is 13.5. The van der Waals surface area contributed by atoms with Crippen LogP contribution >= 0.6 is 0 Å². The van der Waals surface area contributed by atoms with Gasteiger partial charge in [0.05, 0.1) is 18.5 Å². The highest BCUT2D eigenvalue weighted by atomic mass is 32.2. The molecule has 0 bridgehead atoms. The lowest BCUT2D eigenvalue weighted by Gasteiger charge is -2.22. The van der Waals surface area contributed by atoms with E-state index in [0.717, 1.165) is 28.3 Å². The predicted octanol–water partition coefficient (Wildman–Crippen LogP) is 4.17. The van der Waals surface area contributed by atoms with Crippen molar-refractivity contribution in [2.75, 3.05) is 17.1 Å². The molecule has 3 rings (SSSR count). The molecule has 11 heteroatoms. The van der Waals surface area contributed by atoms with Crippen molar-refractivity contribution in [3.63, 3.8) is 0 Å². The van der Waals surface area contributed by atoms with Crippen LogP contribution in [0.4, 0.5) is 14.5 Å². The Morgan fingerprint density at radius 2 is 1.77 bits per heavy atom. The average molecular weight is 507 g/mol. The first-order valence-electron chi connectivity index (χ1n) is 11.0. The Morgan fingerprint density at radius 3 is 2.37 bits per heavy atom. The molecule has 0 saturated heterocycles. The first-order chi connectivity index (χ1) is 16.3. The van der Waals surface area contributed by atoms with E-state index in [-0.39, 0.29) is 48.8 Å². The van der Waals surface area contributed by atoms with Gasteiger partial charge in [-0.2, -0.15) is 4.98 Å². The zero-order chi connectivity index (χ0) is 25.8. The van der Waals surface area contributed by atoms with Crippen LogP contribution in [0.1, 0.15) is 45.1 Å². The molecule has 0 aliphatic carbocycles. The van der Waals surface area contributed by atoms with Crippen LogP contribution in [0.25, 0.3) is 11.4 Å². The molecule has 35 heavy (non-hydrogen) atoms. The largest absolute Gasteiger partial charge is 0.347 e. The number of amides is 1. The van der Waals surface area contributed by atoms with Gasteiger partial charge in [-0.3, -0.25) is 9.10 Å². The molecule has 1 aromatic heterocycles. The van der Waals surface area contributed by atoms with Gasteiger partial charge in [0.1, 0.15) is 0 Å². The minimum absolute atomic E-state index is 0.00492. The number of hydrogen-bond acceptors (Lipinski definition) is 6. The maximum Gasteiger partial charge on any atom is 0.246 e. The van der Waals surface area contributed by atoms with Gasteiger partial charge in [0, 0.05) is 24.6 Å². The topological polar surface area (TPSA) is 105 Å². The Morgan fingerprint density at radius 1 is 1.09 bits per heavy atom. The van der Waals surface area contributed by atoms with E-state index < -0.39 is 21.7 Å². The summed E-state index contributed by atoms with van der Waals surface area (Å²) in [4.78, 5) is 16.5. The van der Waals surface area contributed by atoms with Crippen molar-refractivity contribution in [2.24, 2.45) is 0 Å². The van der Waals surface area contributed by atoms with Gasteiger partial charge in [0.25, 0.3) is 0 Å². The van der Waals surface area contributed by atoms with Crippen molar-refractivity contribution in [3.8, 4) is 11.4 Å². The number of hydrogen-bond donors (Lipinski definition) is 1. The van der Waals surface area contributed by atoms with Crippen LogP contribution in [0.15, 0.2) is 47.0 Å². The van der Waals surface area contributed by atoms with Crippen LogP contribution in [0.5, 0.6) is 0 Å². The third-order valence-electron chi connectivity index (χ3n) is 5.27. The molecule has 1 N–H and O–H groups in total. The molecule has 0 spiro atoms. The Balaban J connectivity index is 1.52. The van der Waals surface area contributed by atoms with Crippen molar-refractivity contribution in [1.82, 2.24) is 15.5 Å². The van der Waals surface area contributed by atoms with Crippen molar-refractivity contribution in [1.29, 1.82) is 0 Å². The van der Waals surface area contributed by atoms with E-state index in [2.05, 4.69) is 36.2 Å². The summed E-state index contributed by atoms with van der Waals surface area (Å²) >= 11 is 0. The summed E-state index contributed by atoms with van der Waals surface area (Å²) < 4.78 is 57.0. The summed E-state index contributed by atoms with van der Waals surface area (Å²) in [6.07, 6.45) is 1.12. The second-order valence-electron chi connectivity index (χ2n) is 9.15. The second kappa shape index (κ2) is 10.5. The molecular weight excluding hydrogens is 478 g/mol.